The lowest BCUT2D eigenvalue weighted by atomic mass is 10.2. The third-order valence-electron chi connectivity index (χ3n) is 10.2. The molecule has 0 amide bonds. The zero-order chi connectivity index (χ0) is 36.7. The second-order valence-electron chi connectivity index (χ2n) is 16.1. The molecule has 0 N–H and O–H groups in total. The van der Waals surface area contributed by atoms with E-state index in [0.717, 1.165) is 11.1 Å². The Morgan fingerprint density at radius 3 is 2.16 bits per heavy atom. The molecule has 1 aliphatic heterocycles. The van der Waals surface area contributed by atoms with Gasteiger partial charge in [0.25, 0.3) is 0 Å². The first-order valence-electron chi connectivity index (χ1n) is 17.1. The van der Waals surface area contributed by atoms with E-state index in [9.17, 15) is 8.42 Å². The van der Waals surface area contributed by atoms with E-state index in [1.807, 2.05) is 37.3 Å². The highest BCUT2D eigenvalue weighted by Crippen LogP contribution is 2.43. The summed E-state index contributed by atoms with van der Waals surface area (Å²) >= 11 is 0. The summed E-state index contributed by atoms with van der Waals surface area (Å²) in [6.45, 7) is 24.7. The first-order valence-corrected chi connectivity index (χ1v) is 24.3. The molecule has 3 atom stereocenters. The van der Waals surface area contributed by atoms with E-state index in [1.54, 1.807) is 23.0 Å². The summed E-state index contributed by atoms with van der Waals surface area (Å²) in [4.78, 5) is 13.6. The van der Waals surface area contributed by atoms with E-state index in [4.69, 9.17) is 22.5 Å². The largest absolute Gasteiger partial charge is 0.471 e. The zero-order valence-electron chi connectivity index (χ0n) is 31.2. The molecule has 5 rings (SSSR count). The van der Waals surface area contributed by atoms with E-state index in [2.05, 4.69) is 82.7 Å². The van der Waals surface area contributed by atoms with Crippen molar-refractivity contribution >= 4 is 37.9 Å². The summed E-state index contributed by atoms with van der Waals surface area (Å²) in [5.74, 6) is 0.0941. The number of imidazole rings is 1. The summed E-state index contributed by atoms with van der Waals surface area (Å²) in [5, 5.41) is 0.0226. The van der Waals surface area contributed by atoms with Crippen molar-refractivity contribution in [3.05, 3.63) is 72.1 Å². The van der Waals surface area contributed by atoms with Gasteiger partial charge in [0.2, 0.25) is 5.88 Å². The lowest BCUT2D eigenvalue weighted by molar-refractivity contribution is -0.0383. The number of rotatable bonds is 12. The minimum Gasteiger partial charge on any atom is -0.471 e. The first kappa shape index (κ1) is 38.1. The second-order valence-corrected chi connectivity index (χ2v) is 27.2. The maximum atomic E-state index is 13.3. The van der Waals surface area contributed by atoms with Crippen molar-refractivity contribution in [3.8, 4) is 11.9 Å². The molecule has 11 nitrogen and oxygen atoms in total. The van der Waals surface area contributed by atoms with Crippen molar-refractivity contribution in [1.82, 2.24) is 19.5 Å². The van der Waals surface area contributed by atoms with Crippen molar-refractivity contribution in [3.63, 3.8) is 0 Å². The van der Waals surface area contributed by atoms with Gasteiger partial charge in [0.1, 0.15) is 23.8 Å². The van der Waals surface area contributed by atoms with Crippen LogP contribution in [0.3, 0.4) is 0 Å². The van der Waals surface area contributed by atoms with Crippen LogP contribution in [0, 0.1) is 6.92 Å². The molecular formula is C36H52N4O7SSi2. The number of benzene rings is 2. The summed E-state index contributed by atoms with van der Waals surface area (Å²) in [6.07, 6.45) is 1.04. The Kier molecular flexibility index (Phi) is 10.8. The van der Waals surface area contributed by atoms with Crippen LogP contribution in [0.15, 0.2) is 65.8 Å². The van der Waals surface area contributed by atoms with Crippen LogP contribution in [-0.4, -0.2) is 63.4 Å². The highest BCUT2D eigenvalue weighted by molar-refractivity contribution is 7.87. The minimum atomic E-state index is -4.25. The molecule has 1 saturated heterocycles. The van der Waals surface area contributed by atoms with Gasteiger partial charge in [-0.25, -0.2) is 4.98 Å². The number of ether oxygens (including phenoxy) is 2. The molecule has 1 fully saturated rings. The average Bonchev–Trinajstić information content (AvgIpc) is 3.62. The van der Waals surface area contributed by atoms with Gasteiger partial charge in [0, 0.05) is 6.42 Å². The molecule has 14 heteroatoms. The number of aromatic nitrogens is 4. The molecule has 0 bridgehead atoms. The quantitative estimate of drug-likeness (QED) is 0.104. The van der Waals surface area contributed by atoms with E-state index in [1.165, 1.54) is 12.1 Å². The van der Waals surface area contributed by atoms with Crippen LogP contribution >= 0.6 is 0 Å². The molecule has 272 valence electrons. The van der Waals surface area contributed by atoms with Crippen LogP contribution in [-0.2, 0) is 30.3 Å². The van der Waals surface area contributed by atoms with Crippen molar-refractivity contribution < 1.29 is 30.9 Å². The SMILES string of the molecule is Cc1ccc(S(=O)(=O)Oc2nc(OCc3ccccc3)c3ncn([C@H]4C[C@H](O[Si](C)(C)C(C)(C)C)[C@@H](CO[Si](C)(C)C(C)(C)C)O4)c3n2)cc1. The Balaban J connectivity index is 1.52. The monoisotopic (exact) mass is 740 g/mol. The molecule has 2 aromatic carbocycles. The van der Waals surface area contributed by atoms with Gasteiger partial charge in [-0.05, 0) is 60.9 Å². The van der Waals surface area contributed by atoms with Gasteiger partial charge in [-0.3, -0.25) is 4.57 Å². The van der Waals surface area contributed by atoms with Gasteiger partial charge < -0.3 is 22.5 Å². The maximum Gasteiger partial charge on any atom is 0.341 e. The van der Waals surface area contributed by atoms with Gasteiger partial charge in [-0.1, -0.05) is 89.6 Å². The van der Waals surface area contributed by atoms with E-state index >= 15 is 0 Å². The molecule has 1 aliphatic rings. The van der Waals surface area contributed by atoms with E-state index < -0.39 is 33.0 Å². The summed E-state index contributed by atoms with van der Waals surface area (Å²) in [6, 6.07) is 15.6. The maximum absolute atomic E-state index is 13.3. The molecule has 0 saturated carbocycles. The third-order valence-corrected chi connectivity index (χ3v) is 20.5. The van der Waals surface area contributed by atoms with Gasteiger partial charge >= 0.3 is 16.1 Å². The smallest absolute Gasteiger partial charge is 0.341 e. The summed E-state index contributed by atoms with van der Waals surface area (Å²) in [7, 11) is -8.54. The van der Waals surface area contributed by atoms with Crippen LogP contribution in [0.5, 0.6) is 11.9 Å². The Morgan fingerprint density at radius 2 is 1.54 bits per heavy atom. The van der Waals surface area contributed by atoms with Crippen molar-refractivity contribution in [2.24, 2.45) is 0 Å². The fourth-order valence-corrected chi connectivity index (χ4v) is 8.21. The van der Waals surface area contributed by atoms with Gasteiger partial charge in [0.15, 0.2) is 27.8 Å². The lowest BCUT2D eigenvalue weighted by Crippen LogP contribution is -2.48. The Bertz CT molecular complexity index is 1890. The van der Waals surface area contributed by atoms with Crippen LogP contribution in [0.25, 0.3) is 11.2 Å². The Hall–Kier alpha value is -3.15. The van der Waals surface area contributed by atoms with Crippen molar-refractivity contribution in [2.75, 3.05) is 6.61 Å². The Labute approximate surface area is 299 Å². The molecule has 50 heavy (non-hydrogen) atoms. The average molecular weight is 741 g/mol. The molecule has 3 heterocycles. The molecular weight excluding hydrogens is 689 g/mol. The minimum absolute atomic E-state index is 0.00890. The molecule has 4 aromatic rings. The van der Waals surface area contributed by atoms with Crippen molar-refractivity contribution in [2.45, 2.75) is 121 Å². The van der Waals surface area contributed by atoms with Gasteiger partial charge in [-0.2, -0.15) is 18.4 Å². The summed E-state index contributed by atoms with van der Waals surface area (Å²) in [5.41, 5.74) is 2.50. The van der Waals surface area contributed by atoms with Crippen molar-refractivity contribution in [1.29, 1.82) is 0 Å². The number of fused-ring (bicyclic) bond motifs is 1. The van der Waals surface area contributed by atoms with Crippen LogP contribution in [0.1, 0.15) is 65.3 Å². The zero-order valence-corrected chi connectivity index (χ0v) is 34.0. The third kappa shape index (κ3) is 8.48. The molecule has 0 radical (unpaired) electrons. The summed E-state index contributed by atoms with van der Waals surface area (Å²) < 4.78 is 60.5. The van der Waals surface area contributed by atoms with Crippen LogP contribution < -0.4 is 8.92 Å². The molecule has 0 unspecified atom stereocenters. The fourth-order valence-electron chi connectivity index (χ4n) is 5.00. The topological polar surface area (TPSA) is 124 Å². The van der Waals surface area contributed by atoms with Crippen LogP contribution in [0.2, 0.25) is 36.3 Å². The van der Waals surface area contributed by atoms with E-state index in [-0.39, 0.29) is 45.7 Å². The number of nitrogens with zero attached hydrogens (tertiary/aromatic N) is 4. The predicted molar refractivity (Wildman–Crippen MR) is 199 cm³/mol. The molecule has 0 spiro atoms. The molecule has 2 aromatic heterocycles. The highest BCUT2D eigenvalue weighted by Gasteiger charge is 2.47. The van der Waals surface area contributed by atoms with Gasteiger partial charge in [0.05, 0.1) is 19.0 Å². The fraction of sp³-hybridized carbons (Fsp3) is 0.528. The van der Waals surface area contributed by atoms with Gasteiger partial charge in [-0.15, -0.1) is 0 Å². The lowest BCUT2D eigenvalue weighted by Gasteiger charge is -2.40. The number of hydrogen-bond donors (Lipinski definition) is 0. The first-order chi connectivity index (χ1) is 23.2. The molecule has 0 aliphatic carbocycles. The van der Waals surface area contributed by atoms with Crippen LogP contribution in [0.4, 0.5) is 0 Å². The van der Waals surface area contributed by atoms with E-state index in [0.29, 0.717) is 24.2 Å². The predicted octanol–water partition coefficient (Wildman–Crippen LogP) is 8.18. The highest BCUT2D eigenvalue weighted by atomic mass is 32.2. The Morgan fingerprint density at radius 1 is 0.900 bits per heavy atom. The standard InChI is InChI=1S/C36H52N4O7SSi2/c1-25-17-19-27(20-18-25)48(41,42)46-34-38-32-31(33(39-34)43-22-26-15-13-12-14-16-26)37-24-40(32)30-21-28(47-50(10,11)36(5,6)7)29(45-30)23-44-49(8,9)35(2,3)4/h12-20,24,28-30H,21-23H2,1-11H3/t28-,29+,30+/m0/s1. The number of aryl methyl sites for hydroxylation is 1. The normalized spacial score (nSPS) is 19.2. The number of hydrogen-bond acceptors (Lipinski definition) is 10. The second kappa shape index (κ2) is 14.1.